The summed E-state index contributed by atoms with van der Waals surface area (Å²) in [5, 5.41) is 7.54. The number of benzene rings is 1. The van der Waals surface area contributed by atoms with E-state index in [2.05, 4.69) is 40.1 Å². The average Bonchev–Trinajstić information content (AvgIpc) is 3.45. The molecule has 2 N–H and O–H groups in total. The number of nitrogens with zero attached hydrogens (tertiary/aromatic N) is 6. The van der Waals surface area contributed by atoms with Gasteiger partial charge in [-0.2, -0.15) is 5.10 Å². The number of nitrogens with one attached hydrogen (secondary N) is 2. The minimum absolute atomic E-state index is 0.333. The van der Waals surface area contributed by atoms with Gasteiger partial charge in [0, 0.05) is 41.5 Å². The molecule has 0 saturated heterocycles. The van der Waals surface area contributed by atoms with Gasteiger partial charge in [-0.1, -0.05) is 6.07 Å². The third-order valence-electron chi connectivity index (χ3n) is 5.10. The molecular weight excluding hydrogens is 395 g/mol. The van der Waals surface area contributed by atoms with Crippen molar-refractivity contribution in [2.24, 2.45) is 0 Å². The van der Waals surface area contributed by atoms with Gasteiger partial charge in [0.1, 0.15) is 17.8 Å². The molecule has 0 radical (unpaired) electrons. The van der Waals surface area contributed by atoms with Crippen molar-refractivity contribution in [3.63, 3.8) is 0 Å². The van der Waals surface area contributed by atoms with Crippen LogP contribution in [0.3, 0.4) is 0 Å². The van der Waals surface area contributed by atoms with Crippen LogP contribution in [0, 0.1) is 5.82 Å². The Labute approximate surface area is 174 Å². The second kappa shape index (κ2) is 6.77. The van der Waals surface area contributed by atoms with Crippen LogP contribution >= 0.6 is 0 Å². The summed E-state index contributed by atoms with van der Waals surface area (Å²) in [6.45, 7) is 0. The second-order valence-corrected chi connectivity index (χ2v) is 6.91. The van der Waals surface area contributed by atoms with Crippen LogP contribution in [0.5, 0.6) is 0 Å². The van der Waals surface area contributed by atoms with Crippen molar-refractivity contribution in [2.45, 2.75) is 0 Å². The molecule has 0 bridgehead atoms. The fraction of sp³-hybridized carbons (Fsp3) is 0. The standard InChI is InChI=1S/C22H13FN8/c23-18-13(12-9-24-11-25-10-12)4-5-16-17(18)20(31-30-16)22-28-19-14(6-8-27-21(19)29-22)15-3-1-2-7-26-15/h1-11H,(H,30,31)(H,27,28,29). The minimum atomic E-state index is -0.422. The molecule has 0 spiro atoms. The van der Waals surface area contributed by atoms with Crippen molar-refractivity contribution in [1.29, 1.82) is 0 Å². The third kappa shape index (κ3) is 2.75. The molecule has 1 aromatic carbocycles. The van der Waals surface area contributed by atoms with E-state index in [1.54, 1.807) is 36.9 Å². The molecule has 0 atom stereocenters. The third-order valence-corrected chi connectivity index (χ3v) is 5.10. The first-order chi connectivity index (χ1) is 15.3. The van der Waals surface area contributed by atoms with E-state index < -0.39 is 5.82 Å². The first kappa shape index (κ1) is 17.3. The van der Waals surface area contributed by atoms with Gasteiger partial charge in [-0.3, -0.25) is 10.1 Å². The fourth-order valence-electron chi connectivity index (χ4n) is 3.66. The molecule has 0 amide bonds. The lowest BCUT2D eigenvalue weighted by atomic mass is 10.0. The number of rotatable bonds is 3. The van der Waals surface area contributed by atoms with E-state index in [0.717, 1.165) is 11.3 Å². The Morgan fingerprint density at radius 2 is 1.77 bits per heavy atom. The van der Waals surface area contributed by atoms with Crippen LogP contribution in [0.1, 0.15) is 0 Å². The van der Waals surface area contributed by atoms with Gasteiger partial charge in [-0.25, -0.2) is 24.3 Å². The molecule has 6 aromatic rings. The second-order valence-electron chi connectivity index (χ2n) is 6.91. The van der Waals surface area contributed by atoms with E-state index in [-0.39, 0.29) is 0 Å². The topological polar surface area (TPSA) is 109 Å². The monoisotopic (exact) mass is 408 g/mol. The average molecular weight is 408 g/mol. The number of aromatic amines is 2. The molecule has 6 rings (SSSR count). The number of fused-ring (bicyclic) bond motifs is 2. The predicted octanol–water partition coefficient (Wildman–Crippen LogP) is 4.16. The van der Waals surface area contributed by atoms with Crippen molar-refractivity contribution >= 4 is 22.1 Å². The number of H-pyrrole nitrogens is 2. The maximum atomic E-state index is 15.6. The van der Waals surface area contributed by atoms with Gasteiger partial charge in [-0.05, 0) is 30.3 Å². The van der Waals surface area contributed by atoms with Gasteiger partial charge in [-0.15, -0.1) is 0 Å². The SMILES string of the molecule is Fc1c(-c2cncnc2)ccc2[nH]nc(-c3nc4nccc(-c5ccccn5)c4[nH]3)c12. The van der Waals surface area contributed by atoms with E-state index in [4.69, 9.17) is 0 Å². The summed E-state index contributed by atoms with van der Waals surface area (Å²) in [6, 6.07) is 11.0. The van der Waals surface area contributed by atoms with Crippen LogP contribution in [0.25, 0.3) is 56.0 Å². The lowest BCUT2D eigenvalue weighted by Gasteiger charge is -2.04. The summed E-state index contributed by atoms with van der Waals surface area (Å²) in [5.74, 6) is -0.00749. The van der Waals surface area contributed by atoms with Gasteiger partial charge in [0.25, 0.3) is 0 Å². The highest BCUT2D eigenvalue weighted by molar-refractivity contribution is 5.97. The Hall–Kier alpha value is -4.53. The predicted molar refractivity (Wildman–Crippen MR) is 113 cm³/mol. The lowest BCUT2D eigenvalue weighted by molar-refractivity contribution is 0.643. The summed E-state index contributed by atoms with van der Waals surface area (Å²) in [7, 11) is 0. The van der Waals surface area contributed by atoms with E-state index in [9.17, 15) is 0 Å². The number of imidazole rings is 1. The minimum Gasteiger partial charge on any atom is -0.335 e. The number of halogens is 1. The lowest BCUT2D eigenvalue weighted by Crippen LogP contribution is -1.90. The molecule has 0 unspecified atom stereocenters. The molecule has 5 aromatic heterocycles. The van der Waals surface area contributed by atoms with Crippen molar-refractivity contribution in [1.82, 2.24) is 40.1 Å². The van der Waals surface area contributed by atoms with Crippen molar-refractivity contribution in [3.05, 3.63) is 73.3 Å². The van der Waals surface area contributed by atoms with Crippen LogP contribution in [0.2, 0.25) is 0 Å². The van der Waals surface area contributed by atoms with Crippen molar-refractivity contribution in [2.75, 3.05) is 0 Å². The molecule has 0 fully saturated rings. The van der Waals surface area contributed by atoms with E-state index in [1.807, 2.05) is 24.3 Å². The molecule has 5 heterocycles. The van der Waals surface area contributed by atoms with Gasteiger partial charge < -0.3 is 4.98 Å². The van der Waals surface area contributed by atoms with Crippen LogP contribution < -0.4 is 0 Å². The summed E-state index contributed by atoms with van der Waals surface area (Å²) in [4.78, 5) is 24.5. The maximum absolute atomic E-state index is 15.6. The zero-order valence-electron chi connectivity index (χ0n) is 15.9. The van der Waals surface area contributed by atoms with Gasteiger partial charge in [0.05, 0.1) is 22.1 Å². The Bertz CT molecular complexity index is 1540. The molecule has 0 aliphatic rings. The van der Waals surface area contributed by atoms with Crippen LogP contribution in [-0.4, -0.2) is 40.1 Å². The molecule has 9 heteroatoms. The molecule has 0 aliphatic heterocycles. The quantitative estimate of drug-likeness (QED) is 0.455. The molecule has 148 valence electrons. The van der Waals surface area contributed by atoms with Gasteiger partial charge in [0.15, 0.2) is 11.5 Å². The Morgan fingerprint density at radius 3 is 2.61 bits per heavy atom. The largest absolute Gasteiger partial charge is 0.335 e. The van der Waals surface area contributed by atoms with Crippen LogP contribution in [0.4, 0.5) is 4.39 Å². The first-order valence-corrected chi connectivity index (χ1v) is 9.48. The zero-order valence-corrected chi connectivity index (χ0v) is 15.9. The Balaban J connectivity index is 1.56. The highest BCUT2D eigenvalue weighted by Crippen LogP contribution is 2.34. The Morgan fingerprint density at radius 1 is 0.871 bits per heavy atom. The zero-order chi connectivity index (χ0) is 20.8. The molecule has 0 aliphatic carbocycles. The van der Waals surface area contributed by atoms with Gasteiger partial charge >= 0.3 is 0 Å². The summed E-state index contributed by atoms with van der Waals surface area (Å²) in [6.07, 6.45) is 7.95. The number of aromatic nitrogens is 8. The van der Waals surface area contributed by atoms with E-state index in [0.29, 0.717) is 44.7 Å². The van der Waals surface area contributed by atoms with Crippen molar-refractivity contribution in [3.8, 4) is 33.9 Å². The molecule has 8 nitrogen and oxygen atoms in total. The summed E-state index contributed by atoms with van der Waals surface area (Å²) >= 11 is 0. The normalized spacial score (nSPS) is 11.4. The number of hydrogen-bond acceptors (Lipinski definition) is 6. The maximum Gasteiger partial charge on any atom is 0.178 e. The van der Waals surface area contributed by atoms with Crippen molar-refractivity contribution < 1.29 is 4.39 Å². The first-order valence-electron chi connectivity index (χ1n) is 9.48. The summed E-state index contributed by atoms with van der Waals surface area (Å²) < 4.78 is 15.6. The number of pyridine rings is 2. The summed E-state index contributed by atoms with van der Waals surface area (Å²) in [5.41, 5.74) is 4.75. The molecule has 31 heavy (non-hydrogen) atoms. The molecule has 0 saturated carbocycles. The number of hydrogen-bond donors (Lipinski definition) is 2. The van der Waals surface area contributed by atoms with E-state index in [1.165, 1.54) is 6.33 Å². The highest BCUT2D eigenvalue weighted by Gasteiger charge is 2.20. The fourth-order valence-corrected chi connectivity index (χ4v) is 3.66. The van der Waals surface area contributed by atoms with Gasteiger partial charge in [0.2, 0.25) is 0 Å². The van der Waals surface area contributed by atoms with Crippen LogP contribution in [0.15, 0.2) is 67.5 Å². The molecular formula is C22H13FN8. The van der Waals surface area contributed by atoms with E-state index >= 15 is 4.39 Å². The Kier molecular flexibility index (Phi) is 3.79. The highest BCUT2D eigenvalue weighted by atomic mass is 19.1. The van der Waals surface area contributed by atoms with Crippen LogP contribution in [-0.2, 0) is 0 Å². The smallest absolute Gasteiger partial charge is 0.178 e.